The van der Waals surface area contributed by atoms with E-state index in [0.29, 0.717) is 5.82 Å². The van der Waals surface area contributed by atoms with E-state index in [0.717, 1.165) is 57.4 Å². The molecule has 1 aromatic rings. The molecular weight excluding hydrogens is 264 g/mol. The molecule has 1 amide bonds. The Morgan fingerprint density at radius 3 is 2.10 bits per heavy atom. The number of carbonyl (C=O) groups is 1. The van der Waals surface area contributed by atoms with E-state index >= 15 is 0 Å². The van der Waals surface area contributed by atoms with Gasteiger partial charge in [0.1, 0.15) is 5.82 Å². The van der Waals surface area contributed by atoms with Crippen LogP contribution in [0.2, 0.25) is 0 Å². The number of aromatic amines is 1. The van der Waals surface area contributed by atoms with E-state index in [1.165, 1.54) is 0 Å². The van der Waals surface area contributed by atoms with Crippen molar-refractivity contribution in [2.24, 2.45) is 0 Å². The minimum absolute atomic E-state index is 0.0367. The second kappa shape index (κ2) is 9.53. The highest BCUT2D eigenvalue weighted by atomic mass is 16.2. The van der Waals surface area contributed by atoms with Gasteiger partial charge >= 0.3 is 0 Å². The second-order valence-electron chi connectivity index (χ2n) is 5.91. The number of hydrogen-bond acceptors (Lipinski definition) is 3. The van der Waals surface area contributed by atoms with E-state index < -0.39 is 0 Å². The Morgan fingerprint density at radius 2 is 1.67 bits per heavy atom. The smallest absolute Gasteiger partial charge is 0.293 e. The molecule has 0 fully saturated rings. The molecule has 1 aromatic heterocycles. The molecule has 0 saturated heterocycles. The van der Waals surface area contributed by atoms with Crippen molar-refractivity contribution in [2.45, 2.75) is 72.1 Å². The Labute approximate surface area is 128 Å². The van der Waals surface area contributed by atoms with Crippen molar-refractivity contribution >= 4 is 5.91 Å². The SMILES string of the molecule is CCCCCN(CCCCC)C(=O)c1n[nH]c(C(C)C)n1. The van der Waals surface area contributed by atoms with Gasteiger partial charge in [-0.25, -0.2) is 4.98 Å². The van der Waals surface area contributed by atoms with Crippen molar-refractivity contribution in [1.29, 1.82) is 0 Å². The maximum Gasteiger partial charge on any atom is 0.293 e. The average Bonchev–Trinajstić information content (AvgIpc) is 2.95. The highest BCUT2D eigenvalue weighted by Gasteiger charge is 2.20. The normalized spacial score (nSPS) is 11.1. The number of carbonyl (C=O) groups excluding carboxylic acids is 1. The molecule has 21 heavy (non-hydrogen) atoms. The lowest BCUT2D eigenvalue weighted by atomic mass is 10.2. The fourth-order valence-electron chi connectivity index (χ4n) is 2.19. The maximum atomic E-state index is 12.6. The van der Waals surface area contributed by atoms with E-state index in [1.54, 1.807) is 0 Å². The minimum atomic E-state index is -0.0367. The van der Waals surface area contributed by atoms with E-state index in [-0.39, 0.29) is 11.8 Å². The summed E-state index contributed by atoms with van der Waals surface area (Å²) in [5.74, 6) is 1.31. The third-order valence-corrected chi connectivity index (χ3v) is 3.59. The van der Waals surface area contributed by atoms with E-state index in [1.807, 2.05) is 18.7 Å². The molecular formula is C16H30N4O. The fraction of sp³-hybridized carbons (Fsp3) is 0.812. The Kier molecular flexibility index (Phi) is 8.01. The van der Waals surface area contributed by atoms with Crippen LogP contribution >= 0.6 is 0 Å². The molecule has 5 nitrogen and oxygen atoms in total. The van der Waals surface area contributed by atoms with Crippen LogP contribution in [0, 0.1) is 0 Å². The van der Waals surface area contributed by atoms with E-state index in [4.69, 9.17) is 0 Å². The molecule has 120 valence electrons. The van der Waals surface area contributed by atoms with Crippen LogP contribution in [0.1, 0.15) is 88.6 Å². The summed E-state index contributed by atoms with van der Waals surface area (Å²) in [5.41, 5.74) is 0. The highest BCUT2D eigenvalue weighted by molar-refractivity contribution is 5.90. The second-order valence-corrected chi connectivity index (χ2v) is 5.91. The molecule has 0 aliphatic carbocycles. The minimum Gasteiger partial charge on any atom is -0.336 e. The summed E-state index contributed by atoms with van der Waals surface area (Å²) in [6.07, 6.45) is 6.74. The monoisotopic (exact) mass is 294 g/mol. The lowest BCUT2D eigenvalue weighted by Gasteiger charge is -2.21. The Morgan fingerprint density at radius 1 is 1.10 bits per heavy atom. The van der Waals surface area contributed by atoms with Gasteiger partial charge in [0.2, 0.25) is 5.82 Å². The number of amides is 1. The van der Waals surface area contributed by atoms with Gasteiger partial charge in [-0.15, -0.1) is 5.10 Å². The largest absolute Gasteiger partial charge is 0.336 e. The summed E-state index contributed by atoms with van der Waals surface area (Å²) in [7, 11) is 0. The molecule has 0 aliphatic heterocycles. The topological polar surface area (TPSA) is 61.9 Å². The van der Waals surface area contributed by atoms with Crippen molar-refractivity contribution in [3.8, 4) is 0 Å². The molecule has 0 radical (unpaired) electrons. The summed E-state index contributed by atoms with van der Waals surface area (Å²) >= 11 is 0. The lowest BCUT2D eigenvalue weighted by molar-refractivity contribution is 0.0737. The van der Waals surface area contributed by atoms with Gasteiger partial charge in [0.15, 0.2) is 0 Å². The van der Waals surface area contributed by atoms with Crippen LogP contribution in [0.15, 0.2) is 0 Å². The molecule has 0 aliphatic rings. The summed E-state index contributed by atoms with van der Waals surface area (Å²) in [6, 6.07) is 0. The zero-order chi connectivity index (χ0) is 15.7. The van der Waals surface area contributed by atoms with Gasteiger partial charge in [-0.1, -0.05) is 53.4 Å². The number of nitrogens with zero attached hydrogens (tertiary/aromatic N) is 3. The Bertz CT molecular complexity index is 404. The summed E-state index contributed by atoms with van der Waals surface area (Å²) < 4.78 is 0. The molecule has 0 atom stereocenters. The third kappa shape index (κ3) is 5.86. The first-order chi connectivity index (χ1) is 10.1. The number of rotatable bonds is 10. The molecule has 0 saturated carbocycles. The van der Waals surface area contributed by atoms with E-state index in [2.05, 4.69) is 29.0 Å². The third-order valence-electron chi connectivity index (χ3n) is 3.59. The number of unbranched alkanes of at least 4 members (excludes halogenated alkanes) is 4. The first-order valence-corrected chi connectivity index (χ1v) is 8.31. The quantitative estimate of drug-likeness (QED) is 0.668. The van der Waals surface area contributed by atoms with Crippen molar-refractivity contribution < 1.29 is 4.79 Å². The predicted molar refractivity (Wildman–Crippen MR) is 85.4 cm³/mol. The van der Waals surface area contributed by atoms with Crippen molar-refractivity contribution in [2.75, 3.05) is 13.1 Å². The van der Waals surface area contributed by atoms with Crippen molar-refractivity contribution in [3.05, 3.63) is 11.6 Å². The number of hydrogen-bond donors (Lipinski definition) is 1. The van der Waals surface area contributed by atoms with Crippen molar-refractivity contribution in [1.82, 2.24) is 20.1 Å². The van der Waals surface area contributed by atoms with Crippen LogP contribution in [0.25, 0.3) is 0 Å². The van der Waals surface area contributed by atoms with Crippen LogP contribution in [0.5, 0.6) is 0 Å². The maximum absolute atomic E-state index is 12.6. The van der Waals surface area contributed by atoms with Crippen molar-refractivity contribution in [3.63, 3.8) is 0 Å². The van der Waals surface area contributed by atoms with Gasteiger partial charge in [-0.2, -0.15) is 0 Å². The molecule has 5 heteroatoms. The molecule has 1 heterocycles. The fourth-order valence-corrected chi connectivity index (χ4v) is 2.19. The lowest BCUT2D eigenvalue weighted by Crippen LogP contribution is -2.33. The number of aromatic nitrogens is 3. The van der Waals surface area contributed by atoms with Gasteiger partial charge < -0.3 is 4.90 Å². The molecule has 1 N–H and O–H groups in total. The first-order valence-electron chi connectivity index (χ1n) is 8.31. The van der Waals surface area contributed by atoms with Gasteiger partial charge in [0, 0.05) is 19.0 Å². The summed E-state index contributed by atoms with van der Waals surface area (Å²) in [6.45, 7) is 10.0. The average molecular weight is 294 g/mol. The Hall–Kier alpha value is -1.39. The van der Waals surface area contributed by atoms with E-state index in [9.17, 15) is 4.79 Å². The van der Waals surface area contributed by atoms with Crippen LogP contribution in [0.3, 0.4) is 0 Å². The van der Waals surface area contributed by atoms with Crippen LogP contribution < -0.4 is 0 Å². The summed E-state index contributed by atoms with van der Waals surface area (Å²) in [5, 5.41) is 6.95. The predicted octanol–water partition coefficient (Wildman–Crippen LogP) is 3.75. The molecule has 0 aromatic carbocycles. The zero-order valence-electron chi connectivity index (χ0n) is 14.0. The van der Waals surface area contributed by atoms with Gasteiger partial charge in [0.05, 0.1) is 0 Å². The van der Waals surface area contributed by atoms with Gasteiger partial charge in [-0.05, 0) is 12.8 Å². The molecule has 0 spiro atoms. The highest BCUT2D eigenvalue weighted by Crippen LogP contribution is 2.10. The molecule has 0 unspecified atom stereocenters. The Balaban J connectivity index is 2.66. The van der Waals surface area contributed by atoms with Crippen LogP contribution in [-0.4, -0.2) is 39.1 Å². The molecule has 0 bridgehead atoms. The standard InChI is InChI=1S/C16H30N4O/c1-5-7-9-11-20(12-10-8-6-2)16(21)15-17-14(13(3)4)18-19-15/h13H,5-12H2,1-4H3,(H,17,18,19). The number of H-pyrrole nitrogens is 1. The van der Waals surface area contributed by atoms with Gasteiger partial charge in [0.25, 0.3) is 5.91 Å². The van der Waals surface area contributed by atoms with Gasteiger partial charge in [-0.3, -0.25) is 9.89 Å². The molecule has 1 rings (SSSR count). The van der Waals surface area contributed by atoms with Crippen LogP contribution in [-0.2, 0) is 0 Å². The van der Waals surface area contributed by atoms with Crippen LogP contribution in [0.4, 0.5) is 0 Å². The summed E-state index contributed by atoms with van der Waals surface area (Å²) in [4.78, 5) is 18.8. The zero-order valence-corrected chi connectivity index (χ0v) is 14.0. The number of nitrogens with one attached hydrogen (secondary N) is 1. The first kappa shape index (κ1) is 17.7.